The van der Waals surface area contributed by atoms with Crippen molar-refractivity contribution in [3.8, 4) is 0 Å². The molecule has 0 spiro atoms. The number of benzene rings is 1. The van der Waals surface area contributed by atoms with E-state index >= 15 is 0 Å². The molecule has 2 bridgehead atoms. The molecule has 4 rings (SSSR count). The molecule has 1 aromatic carbocycles. The van der Waals surface area contributed by atoms with Crippen molar-refractivity contribution in [3.63, 3.8) is 0 Å². The van der Waals surface area contributed by atoms with Crippen LogP contribution in [0.25, 0.3) is 0 Å². The van der Waals surface area contributed by atoms with E-state index in [4.69, 9.17) is 4.74 Å². The van der Waals surface area contributed by atoms with Crippen LogP contribution in [0, 0.1) is 0 Å². The molecule has 0 unspecified atom stereocenters. The fourth-order valence-electron chi connectivity index (χ4n) is 4.23. The van der Waals surface area contributed by atoms with Gasteiger partial charge in [0.05, 0.1) is 12.1 Å². The van der Waals surface area contributed by atoms with Crippen LogP contribution >= 0.6 is 11.8 Å². The number of carbonyl (C=O) groups is 1. The van der Waals surface area contributed by atoms with Crippen molar-refractivity contribution in [3.05, 3.63) is 41.1 Å². The summed E-state index contributed by atoms with van der Waals surface area (Å²) >= 11 is 1.02. The highest BCUT2D eigenvalue weighted by atomic mass is 32.2. The average Bonchev–Trinajstić information content (AvgIpc) is 3.23. The lowest BCUT2D eigenvalue weighted by Crippen LogP contribution is -2.34. The minimum atomic E-state index is -4.51. The lowest BCUT2D eigenvalue weighted by molar-refractivity contribution is -0.140. The monoisotopic (exact) mass is 466 g/mol. The molecule has 0 radical (unpaired) electrons. The highest BCUT2D eigenvalue weighted by molar-refractivity contribution is 7.99. The van der Waals surface area contributed by atoms with Gasteiger partial charge in [-0.05, 0) is 62.6 Å². The van der Waals surface area contributed by atoms with E-state index in [9.17, 15) is 18.0 Å². The highest BCUT2D eigenvalue weighted by Crippen LogP contribution is 2.54. The molecule has 2 aliphatic heterocycles. The standard InChI is InChI=1S/C22H25F3N4O2S/c1-5-32-18-15(22(23,24)25)11-26-19(28-18)27-12-6-7-13-14(10-12)17-9-8-16(13)29(17)20(30)31-21(2,3)4/h6-7,10-11,16-17H,5,8-9H2,1-4H3,(H,26,27,28)/t16-,17+/m0/s1. The van der Waals surface area contributed by atoms with Crippen LogP contribution in [0.3, 0.4) is 0 Å². The van der Waals surface area contributed by atoms with Gasteiger partial charge in [-0.1, -0.05) is 13.0 Å². The van der Waals surface area contributed by atoms with Gasteiger partial charge >= 0.3 is 12.3 Å². The number of nitrogens with one attached hydrogen (secondary N) is 1. The van der Waals surface area contributed by atoms with E-state index in [1.807, 2.05) is 39.0 Å². The normalized spacial score (nSPS) is 19.8. The molecule has 32 heavy (non-hydrogen) atoms. The van der Waals surface area contributed by atoms with Gasteiger partial charge in [0, 0.05) is 11.9 Å². The first kappa shape index (κ1) is 22.7. The third-order valence-electron chi connectivity index (χ3n) is 5.39. The third kappa shape index (κ3) is 4.37. The highest BCUT2D eigenvalue weighted by Gasteiger charge is 2.48. The predicted octanol–water partition coefficient (Wildman–Crippen LogP) is 6.48. The Bertz CT molecular complexity index is 1040. The maximum absolute atomic E-state index is 13.2. The van der Waals surface area contributed by atoms with Gasteiger partial charge in [0.2, 0.25) is 5.95 Å². The Balaban J connectivity index is 1.57. The van der Waals surface area contributed by atoms with Crippen LogP contribution in [-0.2, 0) is 10.9 Å². The number of rotatable bonds is 4. The smallest absolute Gasteiger partial charge is 0.420 e. The van der Waals surface area contributed by atoms with Crippen molar-refractivity contribution < 1.29 is 22.7 Å². The van der Waals surface area contributed by atoms with Gasteiger partial charge in [-0.3, -0.25) is 4.90 Å². The Kier molecular flexibility index (Phi) is 5.77. The SMILES string of the molecule is CCSc1nc(Nc2ccc3c(c2)[C@H]2CC[C@@H]3N2C(=O)OC(C)(C)C)ncc1C(F)(F)F. The average molecular weight is 467 g/mol. The summed E-state index contributed by atoms with van der Waals surface area (Å²) < 4.78 is 45.2. The van der Waals surface area contributed by atoms with E-state index in [0.29, 0.717) is 11.4 Å². The molecular formula is C22H25F3N4O2S. The number of hydrogen-bond donors (Lipinski definition) is 1. The summed E-state index contributed by atoms with van der Waals surface area (Å²) in [4.78, 5) is 22.5. The van der Waals surface area contributed by atoms with Gasteiger partial charge in [0.25, 0.3) is 0 Å². The summed E-state index contributed by atoms with van der Waals surface area (Å²) in [5.74, 6) is 0.558. The Labute approximate surface area is 188 Å². The number of anilines is 2. The minimum Gasteiger partial charge on any atom is -0.444 e. The van der Waals surface area contributed by atoms with Gasteiger partial charge in [0.1, 0.15) is 16.2 Å². The Morgan fingerprint density at radius 2 is 1.91 bits per heavy atom. The fraction of sp³-hybridized carbons (Fsp3) is 0.500. The molecular weight excluding hydrogens is 441 g/mol. The molecule has 172 valence electrons. The topological polar surface area (TPSA) is 67.4 Å². The van der Waals surface area contributed by atoms with Crippen LogP contribution < -0.4 is 5.32 Å². The van der Waals surface area contributed by atoms with Gasteiger partial charge in [-0.2, -0.15) is 13.2 Å². The summed E-state index contributed by atoms with van der Waals surface area (Å²) in [6.45, 7) is 7.29. The van der Waals surface area contributed by atoms with E-state index in [-0.39, 0.29) is 29.2 Å². The molecule has 0 aliphatic carbocycles. The van der Waals surface area contributed by atoms with Crippen molar-refractivity contribution in [1.29, 1.82) is 0 Å². The number of fused-ring (bicyclic) bond motifs is 5. The molecule has 6 nitrogen and oxygen atoms in total. The van der Waals surface area contributed by atoms with Crippen LogP contribution in [0.5, 0.6) is 0 Å². The van der Waals surface area contributed by atoms with E-state index in [1.165, 1.54) is 0 Å². The number of hydrogen-bond acceptors (Lipinski definition) is 6. The lowest BCUT2D eigenvalue weighted by Gasteiger charge is -2.27. The third-order valence-corrected chi connectivity index (χ3v) is 6.26. The van der Waals surface area contributed by atoms with Crippen molar-refractivity contribution in [2.24, 2.45) is 0 Å². The number of amides is 1. The molecule has 1 amide bonds. The van der Waals surface area contributed by atoms with Gasteiger partial charge < -0.3 is 10.1 Å². The summed E-state index contributed by atoms with van der Waals surface area (Å²) in [5.41, 5.74) is 1.34. The second kappa shape index (κ2) is 8.13. The molecule has 0 saturated carbocycles. The quantitative estimate of drug-likeness (QED) is 0.411. The van der Waals surface area contributed by atoms with Crippen LogP contribution in [-0.4, -0.2) is 32.3 Å². The van der Waals surface area contributed by atoms with Crippen molar-refractivity contribution in [1.82, 2.24) is 14.9 Å². The molecule has 1 aromatic heterocycles. The minimum absolute atomic E-state index is 0.0197. The number of nitrogens with zero attached hydrogens (tertiary/aromatic N) is 3. The number of aromatic nitrogens is 2. The van der Waals surface area contributed by atoms with Gasteiger partial charge in [-0.15, -0.1) is 11.8 Å². The second-order valence-corrected chi connectivity index (χ2v) is 10.1. The van der Waals surface area contributed by atoms with Gasteiger partial charge in [-0.25, -0.2) is 14.8 Å². The molecule has 10 heteroatoms. The molecule has 1 N–H and O–H groups in total. The lowest BCUT2D eigenvalue weighted by atomic mass is 9.91. The molecule has 1 saturated heterocycles. The predicted molar refractivity (Wildman–Crippen MR) is 116 cm³/mol. The Morgan fingerprint density at radius 1 is 1.22 bits per heavy atom. The maximum Gasteiger partial charge on any atom is 0.420 e. The first-order valence-corrected chi connectivity index (χ1v) is 11.5. The zero-order chi connectivity index (χ0) is 23.3. The summed E-state index contributed by atoms with van der Waals surface area (Å²) in [6, 6.07) is 5.61. The molecule has 2 atom stereocenters. The summed E-state index contributed by atoms with van der Waals surface area (Å²) in [5, 5.41) is 2.91. The van der Waals surface area contributed by atoms with Crippen LogP contribution in [0.4, 0.5) is 29.6 Å². The van der Waals surface area contributed by atoms with E-state index < -0.39 is 17.3 Å². The number of alkyl halides is 3. The van der Waals surface area contributed by atoms with E-state index in [1.54, 1.807) is 11.8 Å². The first-order valence-electron chi connectivity index (χ1n) is 10.5. The number of halogens is 3. The summed E-state index contributed by atoms with van der Waals surface area (Å²) in [7, 11) is 0. The maximum atomic E-state index is 13.2. The number of ether oxygens (including phenoxy) is 1. The fourth-order valence-corrected chi connectivity index (χ4v) is 4.98. The zero-order valence-electron chi connectivity index (χ0n) is 18.3. The van der Waals surface area contributed by atoms with Crippen LogP contribution in [0.15, 0.2) is 29.4 Å². The molecule has 1 fully saturated rings. The van der Waals surface area contributed by atoms with E-state index in [0.717, 1.165) is 41.9 Å². The van der Waals surface area contributed by atoms with Crippen molar-refractivity contribution >= 4 is 29.5 Å². The van der Waals surface area contributed by atoms with Crippen LogP contribution in [0.2, 0.25) is 0 Å². The van der Waals surface area contributed by atoms with Crippen molar-refractivity contribution in [2.45, 2.75) is 69.4 Å². The first-order chi connectivity index (χ1) is 15.0. The number of thioether (sulfide) groups is 1. The largest absolute Gasteiger partial charge is 0.444 e. The Morgan fingerprint density at radius 3 is 2.53 bits per heavy atom. The second-order valence-electron chi connectivity index (χ2n) is 8.81. The van der Waals surface area contributed by atoms with Gasteiger partial charge in [0.15, 0.2) is 0 Å². The molecule has 2 aliphatic rings. The summed E-state index contributed by atoms with van der Waals surface area (Å²) in [6.07, 6.45) is -2.30. The number of carbonyl (C=O) groups excluding carboxylic acids is 1. The zero-order valence-corrected chi connectivity index (χ0v) is 19.1. The molecule has 2 aromatic rings. The van der Waals surface area contributed by atoms with E-state index in [2.05, 4.69) is 15.3 Å². The van der Waals surface area contributed by atoms with Crippen molar-refractivity contribution in [2.75, 3.05) is 11.1 Å². The Hall–Kier alpha value is -2.49. The molecule has 3 heterocycles. The van der Waals surface area contributed by atoms with Crippen LogP contribution in [0.1, 0.15) is 69.3 Å².